The van der Waals surface area contributed by atoms with E-state index >= 15 is 0 Å². The molecule has 0 atom stereocenters. The minimum atomic E-state index is 0.622. The van der Waals surface area contributed by atoms with Gasteiger partial charge in [-0.1, -0.05) is 36.0 Å². The van der Waals surface area contributed by atoms with Crippen LogP contribution in [0, 0.1) is 0 Å². The molecule has 1 heterocycles. The lowest BCUT2D eigenvalue weighted by atomic mass is 10.2. The summed E-state index contributed by atoms with van der Waals surface area (Å²) in [7, 11) is 2.05. The third kappa shape index (κ3) is 3.04. The largest absolute Gasteiger partial charge is 0.298 e. The van der Waals surface area contributed by atoms with Crippen LogP contribution in [0.2, 0.25) is 0 Å². The number of benzene rings is 2. The molecule has 0 fully saturated rings. The van der Waals surface area contributed by atoms with Gasteiger partial charge in [0.1, 0.15) is 7.05 Å². The number of nitrogens with zero attached hydrogens (tertiary/aromatic N) is 1. The maximum absolute atomic E-state index is 10.5. The van der Waals surface area contributed by atoms with Crippen LogP contribution in [0.1, 0.15) is 0 Å². The number of anilines is 1. The molecule has 0 aliphatic rings. The number of aromatic nitrogens is 1. The topological polar surface area (TPSA) is 45.0 Å². The molecule has 22 heavy (non-hydrogen) atoms. The first-order valence-electron chi connectivity index (χ1n) is 6.88. The number of nitrogens with one attached hydrogen (secondary N) is 2. The quantitative estimate of drug-likeness (QED) is 0.433. The van der Waals surface area contributed by atoms with Crippen LogP contribution in [0.4, 0.5) is 5.69 Å². The van der Waals surface area contributed by atoms with Crippen LogP contribution in [-0.4, -0.2) is 6.41 Å². The van der Waals surface area contributed by atoms with Crippen molar-refractivity contribution >= 4 is 34.8 Å². The zero-order valence-electron chi connectivity index (χ0n) is 12.1. The van der Waals surface area contributed by atoms with Crippen molar-refractivity contribution in [3.63, 3.8) is 0 Å². The molecule has 1 amide bonds. The molecule has 2 aromatic carbocycles. The minimum Gasteiger partial charge on any atom is -0.298 e. The molecule has 0 unspecified atom stereocenters. The van der Waals surface area contributed by atoms with Crippen molar-refractivity contribution in [3.8, 4) is 0 Å². The predicted molar refractivity (Wildman–Crippen MR) is 88.5 cm³/mol. The molecule has 1 aromatic heterocycles. The maximum atomic E-state index is 10.5. The van der Waals surface area contributed by atoms with E-state index < -0.39 is 0 Å². The first-order chi connectivity index (χ1) is 10.8. The number of hydrogen-bond donors (Lipinski definition) is 2. The number of para-hydroxylation sites is 2. The summed E-state index contributed by atoms with van der Waals surface area (Å²) in [6.45, 7) is 0. The number of pyridine rings is 1. The van der Waals surface area contributed by atoms with Gasteiger partial charge in [0, 0.05) is 16.3 Å². The highest BCUT2D eigenvalue weighted by atomic mass is 32.2. The van der Waals surface area contributed by atoms with E-state index in [4.69, 9.17) is 0 Å². The average Bonchev–Trinajstić information content (AvgIpc) is 2.54. The van der Waals surface area contributed by atoms with Gasteiger partial charge in [0.2, 0.25) is 11.9 Å². The second-order valence-electron chi connectivity index (χ2n) is 4.83. The normalized spacial score (nSPS) is 10.4. The summed E-state index contributed by atoms with van der Waals surface area (Å²) in [4.78, 5) is 12.6. The van der Waals surface area contributed by atoms with Gasteiger partial charge in [-0.15, -0.1) is 0 Å². The van der Waals surface area contributed by atoms with E-state index in [2.05, 4.69) is 39.8 Å². The van der Waals surface area contributed by atoms with Gasteiger partial charge in [-0.3, -0.25) is 15.6 Å². The average molecular weight is 310 g/mol. The van der Waals surface area contributed by atoms with Crippen LogP contribution < -0.4 is 15.4 Å². The third-order valence-corrected chi connectivity index (χ3v) is 4.35. The van der Waals surface area contributed by atoms with Crippen molar-refractivity contribution in [2.45, 2.75) is 9.79 Å². The lowest BCUT2D eigenvalue weighted by Gasteiger charge is -2.10. The Kier molecular flexibility index (Phi) is 4.25. The van der Waals surface area contributed by atoms with Gasteiger partial charge >= 0.3 is 0 Å². The molecule has 0 bridgehead atoms. The molecule has 2 N–H and O–H groups in total. The molecule has 110 valence electrons. The van der Waals surface area contributed by atoms with Crippen molar-refractivity contribution in [2.24, 2.45) is 7.05 Å². The summed E-state index contributed by atoms with van der Waals surface area (Å²) in [5, 5.41) is 1.20. The Morgan fingerprint density at radius 3 is 2.73 bits per heavy atom. The first kappa shape index (κ1) is 14.4. The highest BCUT2D eigenvalue weighted by molar-refractivity contribution is 7.99. The number of aryl methyl sites for hydroxylation is 1. The lowest BCUT2D eigenvalue weighted by Crippen LogP contribution is -2.28. The van der Waals surface area contributed by atoms with Crippen molar-refractivity contribution in [3.05, 3.63) is 60.8 Å². The van der Waals surface area contributed by atoms with Gasteiger partial charge in [0.25, 0.3) is 0 Å². The summed E-state index contributed by atoms with van der Waals surface area (Å²) < 4.78 is 2.12. The van der Waals surface area contributed by atoms with E-state index in [1.54, 1.807) is 11.8 Å². The highest BCUT2D eigenvalue weighted by Crippen LogP contribution is 2.33. The van der Waals surface area contributed by atoms with E-state index in [0.29, 0.717) is 6.41 Å². The molecular formula is C17H16N3OS+. The molecular weight excluding hydrogens is 294 g/mol. The van der Waals surface area contributed by atoms with Crippen LogP contribution in [-0.2, 0) is 11.8 Å². The Morgan fingerprint density at radius 1 is 1.09 bits per heavy atom. The van der Waals surface area contributed by atoms with Crippen LogP contribution in [0.15, 0.2) is 70.6 Å². The summed E-state index contributed by atoms with van der Waals surface area (Å²) in [5.41, 5.74) is 7.44. The smallest absolute Gasteiger partial charge is 0.225 e. The summed E-state index contributed by atoms with van der Waals surface area (Å²) in [6.07, 6.45) is 2.73. The number of hydrogen-bond acceptors (Lipinski definition) is 3. The zero-order chi connectivity index (χ0) is 15.4. The number of hydrazine groups is 1. The molecule has 0 aliphatic heterocycles. The van der Waals surface area contributed by atoms with E-state index in [9.17, 15) is 4.79 Å². The Labute approximate surface area is 133 Å². The Morgan fingerprint density at radius 2 is 1.86 bits per heavy atom. The van der Waals surface area contributed by atoms with Gasteiger partial charge in [-0.2, -0.15) is 4.57 Å². The van der Waals surface area contributed by atoms with Crippen LogP contribution in [0.3, 0.4) is 0 Å². The number of fused-ring (bicyclic) bond motifs is 1. The Hall–Kier alpha value is -2.53. The van der Waals surface area contributed by atoms with Crippen molar-refractivity contribution in [1.29, 1.82) is 0 Å². The van der Waals surface area contributed by atoms with E-state index in [0.717, 1.165) is 15.5 Å². The van der Waals surface area contributed by atoms with E-state index in [1.807, 2.05) is 43.4 Å². The number of rotatable bonds is 5. The number of amides is 1. The monoisotopic (exact) mass is 310 g/mol. The molecule has 0 spiro atoms. The fraction of sp³-hybridized carbons (Fsp3) is 0.0588. The first-order valence-corrected chi connectivity index (χ1v) is 7.70. The summed E-state index contributed by atoms with van der Waals surface area (Å²) in [5.74, 6) is 0. The molecule has 5 heteroatoms. The summed E-state index contributed by atoms with van der Waals surface area (Å²) >= 11 is 1.65. The third-order valence-electron chi connectivity index (χ3n) is 3.32. The van der Waals surface area contributed by atoms with Gasteiger partial charge < -0.3 is 0 Å². The van der Waals surface area contributed by atoms with Crippen molar-refractivity contribution in [2.75, 3.05) is 5.43 Å². The Bertz CT molecular complexity index is 820. The van der Waals surface area contributed by atoms with Gasteiger partial charge in [0.05, 0.1) is 10.6 Å². The van der Waals surface area contributed by atoms with Gasteiger partial charge in [0.15, 0.2) is 6.20 Å². The van der Waals surface area contributed by atoms with Gasteiger partial charge in [-0.05, 0) is 24.3 Å². The number of carbonyl (C=O) groups excluding carboxylic acids is 1. The fourth-order valence-electron chi connectivity index (χ4n) is 2.33. The van der Waals surface area contributed by atoms with Crippen molar-refractivity contribution in [1.82, 2.24) is 5.43 Å². The van der Waals surface area contributed by atoms with Gasteiger partial charge in [-0.25, -0.2) is 0 Å². The standard InChI is InChI=1S/C17H15N3OS/c1-20-11-14(10-13-6-2-4-8-16(13)20)22-17-9-5-3-7-15(17)19-18-12-21/h2-12,19H,1H3/p+1. The molecule has 0 saturated heterocycles. The Balaban J connectivity index is 1.95. The molecule has 0 aliphatic carbocycles. The van der Waals surface area contributed by atoms with Crippen LogP contribution in [0.5, 0.6) is 0 Å². The second kappa shape index (κ2) is 6.49. The fourth-order valence-corrected chi connectivity index (χ4v) is 3.36. The summed E-state index contributed by atoms with van der Waals surface area (Å²) in [6, 6.07) is 18.3. The molecule has 4 nitrogen and oxygen atoms in total. The number of carbonyl (C=O) groups is 1. The second-order valence-corrected chi connectivity index (χ2v) is 5.95. The molecule has 3 aromatic rings. The van der Waals surface area contributed by atoms with Crippen molar-refractivity contribution < 1.29 is 9.36 Å². The van der Waals surface area contributed by atoms with Crippen LogP contribution >= 0.6 is 11.8 Å². The zero-order valence-corrected chi connectivity index (χ0v) is 12.9. The van der Waals surface area contributed by atoms with E-state index in [-0.39, 0.29) is 0 Å². The maximum Gasteiger partial charge on any atom is 0.225 e. The molecule has 3 rings (SSSR count). The van der Waals surface area contributed by atoms with Crippen LogP contribution in [0.25, 0.3) is 10.9 Å². The molecule has 0 radical (unpaired) electrons. The molecule has 0 saturated carbocycles. The minimum absolute atomic E-state index is 0.622. The lowest BCUT2D eigenvalue weighted by molar-refractivity contribution is -0.646. The highest BCUT2D eigenvalue weighted by Gasteiger charge is 2.10. The SMILES string of the molecule is C[n+]1cc(Sc2ccccc2NNC=O)cc2ccccc21. The van der Waals surface area contributed by atoms with E-state index in [1.165, 1.54) is 10.9 Å². The predicted octanol–water partition coefficient (Wildman–Crippen LogP) is 2.89.